The molecule has 6 nitrogen and oxygen atoms in total. The van der Waals surface area contributed by atoms with E-state index in [1.54, 1.807) is 25.2 Å². The van der Waals surface area contributed by atoms with Crippen LogP contribution in [0.1, 0.15) is 29.8 Å². The molecule has 1 aliphatic rings. The van der Waals surface area contributed by atoms with Crippen LogP contribution < -0.4 is 10.2 Å². The predicted molar refractivity (Wildman–Crippen MR) is 102 cm³/mol. The number of carbonyl (C=O) groups excluding carboxylic acids is 2. The third kappa shape index (κ3) is 4.38. The summed E-state index contributed by atoms with van der Waals surface area (Å²) in [5.74, 6) is -0.438. The van der Waals surface area contributed by atoms with Crippen molar-refractivity contribution >= 4 is 34.8 Å². The Morgan fingerprint density at radius 1 is 1.23 bits per heavy atom. The molecule has 26 heavy (non-hydrogen) atoms. The highest BCUT2D eigenvalue weighted by Crippen LogP contribution is 2.30. The molecule has 1 aromatic heterocycles. The van der Waals surface area contributed by atoms with E-state index >= 15 is 0 Å². The zero-order valence-electron chi connectivity index (χ0n) is 14.7. The van der Waals surface area contributed by atoms with E-state index in [1.807, 2.05) is 12.1 Å². The van der Waals surface area contributed by atoms with E-state index in [-0.39, 0.29) is 24.1 Å². The van der Waals surface area contributed by atoms with Crippen molar-refractivity contribution in [1.29, 1.82) is 0 Å². The van der Waals surface area contributed by atoms with Gasteiger partial charge in [-0.3, -0.25) is 9.59 Å². The van der Waals surface area contributed by atoms with Crippen molar-refractivity contribution in [2.75, 3.05) is 36.9 Å². The van der Waals surface area contributed by atoms with Crippen LogP contribution in [0.25, 0.3) is 0 Å². The van der Waals surface area contributed by atoms with Gasteiger partial charge in [0.25, 0.3) is 5.91 Å². The van der Waals surface area contributed by atoms with E-state index in [4.69, 9.17) is 16.0 Å². The molecule has 2 heterocycles. The Labute approximate surface area is 157 Å². The molecular formula is C19H22ClN3O3. The van der Waals surface area contributed by atoms with Gasteiger partial charge in [0.2, 0.25) is 5.91 Å². The maximum absolute atomic E-state index is 12.2. The minimum absolute atomic E-state index is 0.0783. The Balaban J connectivity index is 1.58. The molecule has 2 amide bonds. The van der Waals surface area contributed by atoms with Crippen molar-refractivity contribution in [3.8, 4) is 0 Å². The summed E-state index contributed by atoms with van der Waals surface area (Å²) in [5.41, 5.74) is 1.61. The van der Waals surface area contributed by atoms with Crippen LogP contribution in [-0.2, 0) is 4.79 Å². The molecule has 2 aromatic rings. The fourth-order valence-corrected chi connectivity index (χ4v) is 3.35. The first-order valence-corrected chi connectivity index (χ1v) is 9.06. The molecule has 0 aliphatic carbocycles. The zero-order chi connectivity index (χ0) is 18.5. The Morgan fingerprint density at radius 3 is 2.65 bits per heavy atom. The average molecular weight is 376 g/mol. The number of rotatable bonds is 5. The maximum atomic E-state index is 12.2. The lowest BCUT2D eigenvalue weighted by Gasteiger charge is -2.29. The van der Waals surface area contributed by atoms with Gasteiger partial charge in [-0.15, -0.1) is 0 Å². The SMILES string of the molecule is CN(CC(=O)Nc1ccc(N2CCCCC2)c(Cl)c1)C(=O)c1ccco1. The Kier molecular flexibility index (Phi) is 5.83. The minimum atomic E-state index is -0.344. The molecule has 1 aliphatic heterocycles. The number of nitrogens with one attached hydrogen (secondary N) is 1. The van der Waals surface area contributed by atoms with Gasteiger partial charge in [-0.1, -0.05) is 11.6 Å². The first-order chi connectivity index (χ1) is 12.5. The number of benzene rings is 1. The van der Waals surface area contributed by atoms with Crippen molar-refractivity contribution < 1.29 is 14.0 Å². The van der Waals surface area contributed by atoms with E-state index < -0.39 is 0 Å². The second kappa shape index (κ2) is 8.27. The van der Waals surface area contributed by atoms with Crippen LogP contribution in [0, 0.1) is 0 Å². The molecule has 1 saturated heterocycles. The lowest BCUT2D eigenvalue weighted by atomic mass is 10.1. The van der Waals surface area contributed by atoms with Gasteiger partial charge in [-0.25, -0.2) is 0 Å². The molecule has 0 bridgehead atoms. The summed E-state index contributed by atoms with van der Waals surface area (Å²) in [6, 6.07) is 8.71. The van der Waals surface area contributed by atoms with Crippen molar-refractivity contribution in [3.63, 3.8) is 0 Å². The van der Waals surface area contributed by atoms with Crippen LogP contribution in [-0.4, -0.2) is 43.4 Å². The van der Waals surface area contributed by atoms with Crippen molar-refractivity contribution in [2.45, 2.75) is 19.3 Å². The second-order valence-electron chi connectivity index (χ2n) is 6.40. The largest absolute Gasteiger partial charge is 0.459 e. The topological polar surface area (TPSA) is 65.8 Å². The first kappa shape index (κ1) is 18.3. The lowest BCUT2D eigenvalue weighted by molar-refractivity contribution is -0.116. The van der Waals surface area contributed by atoms with Gasteiger partial charge in [0.15, 0.2) is 5.76 Å². The summed E-state index contributed by atoms with van der Waals surface area (Å²) < 4.78 is 5.06. The quantitative estimate of drug-likeness (QED) is 0.866. The van der Waals surface area contributed by atoms with Gasteiger partial charge in [-0.2, -0.15) is 0 Å². The van der Waals surface area contributed by atoms with Crippen LogP contribution in [0.2, 0.25) is 5.02 Å². The number of hydrogen-bond donors (Lipinski definition) is 1. The molecule has 1 fully saturated rings. The van der Waals surface area contributed by atoms with Crippen LogP contribution in [0.3, 0.4) is 0 Å². The van der Waals surface area contributed by atoms with Crippen LogP contribution in [0.15, 0.2) is 41.0 Å². The lowest BCUT2D eigenvalue weighted by Crippen LogP contribution is -2.34. The molecule has 3 rings (SSSR count). The molecule has 0 unspecified atom stereocenters. The predicted octanol–water partition coefficient (Wildman–Crippen LogP) is 3.63. The fourth-order valence-electron chi connectivity index (χ4n) is 3.05. The number of piperidine rings is 1. The highest BCUT2D eigenvalue weighted by molar-refractivity contribution is 6.33. The summed E-state index contributed by atoms with van der Waals surface area (Å²) in [4.78, 5) is 27.9. The summed E-state index contributed by atoms with van der Waals surface area (Å²) in [7, 11) is 1.55. The fraction of sp³-hybridized carbons (Fsp3) is 0.368. The highest BCUT2D eigenvalue weighted by Gasteiger charge is 2.18. The molecule has 0 atom stereocenters. The second-order valence-corrected chi connectivity index (χ2v) is 6.81. The first-order valence-electron chi connectivity index (χ1n) is 8.68. The molecule has 7 heteroatoms. The maximum Gasteiger partial charge on any atom is 0.289 e. The Bertz CT molecular complexity index is 770. The van der Waals surface area contributed by atoms with Gasteiger partial charge >= 0.3 is 0 Å². The molecule has 0 spiro atoms. The molecule has 1 N–H and O–H groups in total. The molecular weight excluding hydrogens is 354 g/mol. The van der Waals surface area contributed by atoms with Gasteiger partial charge in [-0.05, 0) is 49.6 Å². The molecule has 0 saturated carbocycles. The molecule has 138 valence electrons. The number of likely N-dealkylation sites (N-methyl/N-ethyl adjacent to an activating group) is 1. The molecule has 1 aromatic carbocycles. The Morgan fingerprint density at radius 2 is 2.00 bits per heavy atom. The van der Waals surface area contributed by atoms with Crippen molar-refractivity contribution in [1.82, 2.24) is 4.90 Å². The summed E-state index contributed by atoms with van der Waals surface area (Å²) in [6.07, 6.45) is 5.02. The summed E-state index contributed by atoms with van der Waals surface area (Å²) >= 11 is 6.40. The highest BCUT2D eigenvalue weighted by atomic mass is 35.5. The van der Waals surface area contributed by atoms with Gasteiger partial charge in [0.1, 0.15) is 0 Å². The number of hydrogen-bond acceptors (Lipinski definition) is 4. The third-order valence-corrected chi connectivity index (χ3v) is 4.69. The van der Waals surface area contributed by atoms with Gasteiger partial charge in [0, 0.05) is 25.8 Å². The van der Waals surface area contributed by atoms with Crippen LogP contribution >= 0.6 is 11.6 Å². The number of furan rings is 1. The summed E-state index contributed by atoms with van der Waals surface area (Å²) in [6.45, 7) is 1.93. The van der Waals surface area contributed by atoms with Crippen LogP contribution in [0.4, 0.5) is 11.4 Å². The number of nitrogens with zero attached hydrogens (tertiary/aromatic N) is 2. The van der Waals surface area contributed by atoms with E-state index in [2.05, 4.69) is 10.2 Å². The minimum Gasteiger partial charge on any atom is -0.459 e. The van der Waals surface area contributed by atoms with Crippen molar-refractivity contribution in [3.05, 3.63) is 47.4 Å². The van der Waals surface area contributed by atoms with Gasteiger partial charge in [0.05, 0.1) is 23.5 Å². The van der Waals surface area contributed by atoms with E-state index in [0.29, 0.717) is 10.7 Å². The number of carbonyl (C=O) groups is 2. The smallest absolute Gasteiger partial charge is 0.289 e. The number of amides is 2. The average Bonchev–Trinajstić information content (AvgIpc) is 3.16. The van der Waals surface area contributed by atoms with Crippen LogP contribution in [0.5, 0.6) is 0 Å². The normalized spacial score (nSPS) is 14.2. The van der Waals surface area contributed by atoms with E-state index in [9.17, 15) is 9.59 Å². The standard InChI is InChI=1S/C19H22ClN3O3/c1-22(19(25)17-6-5-11-26-17)13-18(24)21-14-7-8-16(15(20)12-14)23-9-3-2-4-10-23/h5-8,11-12H,2-4,9-10,13H2,1H3,(H,21,24). The van der Waals surface area contributed by atoms with Gasteiger partial charge < -0.3 is 19.5 Å². The zero-order valence-corrected chi connectivity index (χ0v) is 15.5. The van der Waals surface area contributed by atoms with Crippen molar-refractivity contribution in [2.24, 2.45) is 0 Å². The number of anilines is 2. The Hall–Kier alpha value is -2.47. The van der Waals surface area contributed by atoms with E-state index in [0.717, 1.165) is 18.8 Å². The molecule has 0 radical (unpaired) electrons. The number of halogens is 1. The monoisotopic (exact) mass is 375 g/mol. The summed E-state index contributed by atoms with van der Waals surface area (Å²) in [5, 5.41) is 3.39. The third-order valence-electron chi connectivity index (χ3n) is 4.39. The van der Waals surface area contributed by atoms with E-state index in [1.165, 1.54) is 30.4 Å².